The summed E-state index contributed by atoms with van der Waals surface area (Å²) in [5.74, 6) is -1.10. The molecule has 38 heavy (non-hydrogen) atoms. The maximum Gasteiger partial charge on any atom is 0.328 e. The van der Waals surface area contributed by atoms with Crippen LogP contribution in [0.4, 0.5) is 10.1 Å². The molecule has 204 valence electrons. The van der Waals surface area contributed by atoms with Crippen LogP contribution in [0.3, 0.4) is 0 Å². The van der Waals surface area contributed by atoms with E-state index in [1.165, 1.54) is 17.7 Å². The van der Waals surface area contributed by atoms with E-state index in [1.807, 2.05) is 18.2 Å². The highest BCUT2D eigenvalue weighted by molar-refractivity contribution is 8.13. The molecule has 0 spiro atoms. The third kappa shape index (κ3) is 9.66. The van der Waals surface area contributed by atoms with Crippen LogP contribution in [-0.2, 0) is 15.3 Å². The summed E-state index contributed by atoms with van der Waals surface area (Å²) in [6, 6.07) is 12.7. The zero-order valence-corrected chi connectivity index (χ0v) is 22.6. The smallest absolute Gasteiger partial charge is 0.328 e. The third-order valence-electron chi connectivity index (χ3n) is 6.09. The number of fused-ring (bicyclic) bond motifs is 1. The minimum Gasteiger partial charge on any atom is -0.494 e. The number of amidine groups is 1. The van der Waals surface area contributed by atoms with Crippen LogP contribution >= 0.6 is 23.4 Å². The molecule has 2 aromatic rings. The third-order valence-corrected chi connectivity index (χ3v) is 7.42. The number of ether oxygens (including phenoxy) is 1. The average molecular weight is 564 g/mol. The Morgan fingerprint density at radius 2 is 1.82 bits per heavy atom. The molecule has 2 N–H and O–H groups in total. The SMILES string of the molecule is CN(C1=Nc2ccc(Cl)cc2CS1)C1CCN(CCCOc2ccc(F)cc2)CC1.O=C(O)/C=C\C(=O)O. The first-order valence-electron chi connectivity index (χ1n) is 12.2. The molecule has 0 saturated carbocycles. The van der Waals surface area contributed by atoms with Crippen LogP contribution in [-0.4, -0.2) is 76.4 Å². The molecular weight excluding hydrogens is 533 g/mol. The molecule has 11 heteroatoms. The molecule has 2 aliphatic heterocycles. The maximum absolute atomic E-state index is 12.9. The fourth-order valence-corrected chi connectivity index (χ4v) is 5.30. The Bertz CT molecular complexity index is 1140. The lowest BCUT2D eigenvalue weighted by atomic mass is 10.0. The first-order chi connectivity index (χ1) is 18.2. The summed E-state index contributed by atoms with van der Waals surface area (Å²) < 4.78 is 18.6. The van der Waals surface area contributed by atoms with Crippen molar-refractivity contribution in [3.8, 4) is 5.75 Å². The number of benzene rings is 2. The van der Waals surface area contributed by atoms with Gasteiger partial charge in [-0.3, -0.25) is 0 Å². The molecule has 0 unspecified atom stereocenters. The van der Waals surface area contributed by atoms with Crippen LogP contribution in [0.1, 0.15) is 24.8 Å². The van der Waals surface area contributed by atoms with E-state index in [-0.39, 0.29) is 5.82 Å². The van der Waals surface area contributed by atoms with Crippen molar-refractivity contribution in [2.24, 2.45) is 4.99 Å². The molecule has 2 aromatic carbocycles. The van der Waals surface area contributed by atoms with Gasteiger partial charge in [-0.1, -0.05) is 23.4 Å². The fourth-order valence-electron chi connectivity index (χ4n) is 4.08. The van der Waals surface area contributed by atoms with Crippen molar-refractivity contribution < 1.29 is 28.9 Å². The van der Waals surface area contributed by atoms with Gasteiger partial charge in [0.25, 0.3) is 0 Å². The lowest BCUT2D eigenvalue weighted by Crippen LogP contribution is -2.45. The molecule has 2 aliphatic rings. The Balaban J connectivity index is 0.000000436. The maximum atomic E-state index is 12.9. The predicted octanol–water partition coefficient (Wildman–Crippen LogP) is 5.29. The zero-order chi connectivity index (χ0) is 27.5. The Morgan fingerprint density at radius 1 is 1.16 bits per heavy atom. The molecule has 0 aliphatic carbocycles. The Labute approximate surface area is 230 Å². The van der Waals surface area contributed by atoms with Crippen molar-refractivity contribution in [1.29, 1.82) is 0 Å². The first-order valence-corrected chi connectivity index (χ1v) is 13.5. The Kier molecular flexibility index (Phi) is 11.4. The summed E-state index contributed by atoms with van der Waals surface area (Å²) in [7, 11) is 2.17. The minimum atomic E-state index is -1.26. The van der Waals surface area contributed by atoms with Gasteiger partial charge in [0.05, 0.1) is 12.3 Å². The number of carboxylic acids is 2. The number of hydrogen-bond donors (Lipinski definition) is 2. The second kappa shape index (κ2) is 14.8. The molecule has 1 fully saturated rings. The second-order valence-corrected chi connectivity index (χ2v) is 10.2. The van der Waals surface area contributed by atoms with Gasteiger partial charge in [-0.15, -0.1) is 0 Å². The second-order valence-electron chi connectivity index (χ2n) is 8.81. The van der Waals surface area contributed by atoms with Crippen molar-refractivity contribution in [1.82, 2.24) is 9.80 Å². The van der Waals surface area contributed by atoms with Crippen molar-refractivity contribution in [3.05, 3.63) is 71.0 Å². The summed E-state index contributed by atoms with van der Waals surface area (Å²) in [5, 5.41) is 17.5. The van der Waals surface area contributed by atoms with Gasteiger partial charge in [0, 0.05) is 55.7 Å². The number of likely N-dealkylation sites (tertiary alicyclic amines) is 1. The number of aliphatic imine (C=N–C) groups is 1. The number of carboxylic acid groups (broad SMARTS) is 2. The van der Waals surface area contributed by atoms with Crippen LogP contribution < -0.4 is 4.74 Å². The normalized spacial score (nSPS) is 15.7. The van der Waals surface area contributed by atoms with Crippen LogP contribution in [0.15, 0.2) is 59.6 Å². The van der Waals surface area contributed by atoms with Crippen LogP contribution in [0.2, 0.25) is 5.02 Å². The van der Waals surface area contributed by atoms with Gasteiger partial charge in [0.1, 0.15) is 11.6 Å². The predicted molar refractivity (Wildman–Crippen MR) is 148 cm³/mol. The molecule has 0 atom stereocenters. The van der Waals surface area contributed by atoms with Gasteiger partial charge < -0.3 is 24.7 Å². The van der Waals surface area contributed by atoms with E-state index in [9.17, 15) is 14.0 Å². The highest BCUT2D eigenvalue weighted by atomic mass is 35.5. The molecular formula is C27H31ClFN3O5S. The van der Waals surface area contributed by atoms with E-state index in [0.717, 1.165) is 66.3 Å². The number of rotatable bonds is 8. The van der Waals surface area contributed by atoms with E-state index in [2.05, 4.69) is 16.8 Å². The standard InChI is InChI=1S/C23H27ClFN3OS.C4H4O4/c1-27(23-26-22-8-3-18(24)15-17(22)16-30-23)20-9-12-28(13-10-20)11-2-14-29-21-6-4-19(25)5-7-21;5-3(6)1-2-4(7)8/h3-8,15,20H,2,9-14,16H2,1H3;1-2H,(H,5,6)(H,7,8)/b;2-1-. The highest BCUT2D eigenvalue weighted by Crippen LogP contribution is 2.34. The lowest BCUT2D eigenvalue weighted by molar-refractivity contribution is -0.134. The first kappa shape index (κ1) is 29.5. The average Bonchev–Trinajstić information content (AvgIpc) is 2.91. The zero-order valence-electron chi connectivity index (χ0n) is 21.1. The van der Waals surface area contributed by atoms with Gasteiger partial charge in [-0.2, -0.15) is 0 Å². The molecule has 4 rings (SSSR count). The van der Waals surface area contributed by atoms with E-state index >= 15 is 0 Å². The summed E-state index contributed by atoms with van der Waals surface area (Å²) >= 11 is 7.90. The Hall–Kier alpha value is -3.08. The Morgan fingerprint density at radius 3 is 2.45 bits per heavy atom. The van der Waals surface area contributed by atoms with Gasteiger partial charge in [-0.25, -0.2) is 19.0 Å². The monoisotopic (exact) mass is 563 g/mol. The number of hydrogen-bond acceptors (Lipinski definition) is 7. The molecule has 0 radical (unpaired) electrons. The number of aliphatic carboxylic acids is 2. The largest absolute Gasteiger partial charge is 0.494 e. The molecule has 1 saturated heterocycles. The number of piperidine rings is 1. The molecule has 2 heterocycles. The van der Waals surface area contributed by atoms with E-state index in [4.69, 9.17) is 31.5 Å². The minimum absolute atomic E-state index is 0.235. The molecule has 0 bridgehead atoms. The molecule has 8 nitrogen and oxygen atoms in total. The van der Waals surface area contributed by atoms with Crippen LogP contribution in [0.5, 0.6) is 5.75 Å². The fraction of sp³-hybridized carbons (Fsp3) is 0.370. The van der Waals surface area contributed by atoms with Gasteiger partial charge in [0.2, 0.25) is 0 Å². The molecule has 0 amide bonds. The van der Waals surface area contributed by atoms with Crippen molar-refractivity contribution >= 4 is 46.2 Å². The van der Waals surface area contributed by atoms with E-state index < -0.39 is 11.9 Å². The number of carbonyl (C=O) groups is 2. The quantitative estimate of drug-likeness (QED) is 0.330. The summed E-state index contributed by atoms with van der Waals surface area (Å²) in [4.78, 5) is 28.8. The van der Waals surface area contributed by atoms with Crippen LogP contribution in [0.25, 0.3) is 0 Å². The molecule has 0 aromatic heterocycles. The van der Waals surface area contributed by atoms with Crippen molar-refractivity contribution in [3.63, 3.8) is 0 Å². The summed E-state index contributed by atoms with van der Waals surface area (Å²) in [5.41, 5.74) is 2.25. The van der Waals surface area contributed by atoms with Gasteiger partial charge in [-0.05, 0) is 67.3 Å². The van der Waals surface area contributed by atoms with Crippen molar-refractivity contribution in [2.45, 2.75) is 31.1 Å². The summed E-state index contributed by atoms with van der Waals surface area (Å²) in [6.07, 6.45) is 4.37. The summed E-state index contributed by atoms with van der Waals surface area (Å²) in [6.45, 7) is 3.87. The van der Waals surface area contributed by atoms with E-state index in [0.29, 0.717) is 24.8 Å². The lowest BCUT2D eigenvalue weighted by Gasteiger charge is -2.38. The number of thioether (sulfide) groups is 1. The number of nitrogens with zero attached hydrogens (tertiary/aromatic N) is 3. The van der Waals surface area contributed by atoms with Gasteiger partial charge >= 0.3 is 11.9 Å². The van der Waals surface area contributed by atoms with Gasteiger partial charge in [0.15, 0.2) is 5.17 Å². The topological polar surface area (TPSA) is 103 Å². The van der Waals surface area contributed by atoms with Crippen LogP contribution in [0, 0.1) is 5.82 Å². The highest BCUT2D eigenvalue weighted by Gasteiger charge is 2.26. The number of halogens is 2. The van der Waals surface area contributed by atoms with Crippen molar-refractivity contribution in [2.75, 3.05) is 33.3 Å². The van der Waals surface area contributed by atoms with E-state index in [1.54, 1.807) is 23.9 Å².